The zero-order valence-electron chi connectivity index (χ0n) is 10.1. The van der Waals surface area contributed by atoms with E-state index in [0.29, 0.717) is 18.3 Å². The van der Waals surface area contributed by atoms with Gasteiger partial charge >= 0.3 is 5.97 Å². The van der Waals surface area contributed by atoms with E-state index in [4.69, 9.17) is 26.2 Å². The van der Waals surface area contributed by atoms with Crippen molar-refractivity contribution >= 4 is 34.0 Å². The van der Waals surface area contributed by atoms with Crippen LogP contribution in [0.5, 0.6) is 0 Å². The highest BCUT2D eigenvalue weighted by atomic mass is 35.5. The first-order valence-corrected chi connectivity index (χ1v) is 7.22. The van der Waals surface area contributed by atoms with Gasteiger partial charge in [-0.25, -0.2) is 9.78 Å². The van der Waals surface area contributed by atoms with Gasteiger partial charge in [0.1, 0.15) is 0 Å². The van der Waals surface area contributed by atoms with Gasteiger partial charge in [0, 0.05) is 25.9 Å². The van der Waals surface area contributed by atoms with Crippen molar-refractivity contribution in [1.29, 1.82) is 0 Å². The number of carboxylic acid groups (broad SMARTS) is 1. The molecule has 0 unspecified atom stereocenters. The van der Waals surface area contributed by atoms with Crippen molar-refractivity contribution in [3.8, 4) is 0 Å². The molecule has 1 aromatic heterocycles. The van der Waals surface area contributed by atoms with Crippen molar-refractivity contribution in [3.05, 3.63) is 10.0 Å². The molecule has 6 nitrogen and oxygen atoms in total. The molecular formula is C11H13ClN2O4S. The summed E-state index contributed by atoms with van der Waals surface area (Å²) in [5, 5.41) is 9.68. The number of carboxylic acids is 1. The van der Waals surface area contributed by atoms with Crippen LogP contribution in [-0.4, -0.2) is 48.2 Å². The maximum absolute atomic E-state index is 10.9. The lowest BCUT2D eigenvalue weighted by Crippen LogP contribution is -2.45. The van der Waals surface area contributed by atoms with Crippen LogP contribution in [-0.2, 0) is 9.47 Å². The van der Waals surface area contributed by atoms with Crippen LogP contribution < -0.4 is 4.90 Å². The first-order chi connectivity index (χ1) is 9.10. The topological polar surface area (TPSA) is 71.9 Å². The Labute approximate surface area is 118 Å². The summed E-state index contributed by atoms with van der Waals surface area (Å²) in [6, 6.07) is 0. The summed E-state index contributed by atoms with van der Waals surface area (Å²) in [4.78, 5) is 17.2. The molecule has 19 heavy (non-hydrogen) atoms. The van der Waals surface area contributed by atoms with Crippen LogP contribution in [0.3, 0.4) is 0 Å². The van der Waals surface area contributed by atoms with Gasteiger partial charge < -0.3 is 19.5 Å². The summed E-state index contributed by atoms with van der Waals surface area (Å²) in [6.07, 6.45) is 1.51. The van der Waals surface area contributed by atoms with Crippen LogP contribution in [0.2, 0.25) is 5.15 Å². The molecule has 2 saturated heterocycles. The second-order valence-electron chi connectivity index (χ2n) is 4.52. The van der Waals surface area contributed by atoms with Gasteiger partial charge in [-0.1, -0.05) is 22.9 Å². The number of anilines is 1. The van der Waals surface area contributed by atoms with Gasteiger partial charge in [0.05, 0.1) is 13.2 Å². The average molecular weight is 305 g/mol. The first-order valence-electron chi connectivity index (χ1n) is 6.02. The Morgan fingerprint density at radius 2 is 2.00 bits per heavy atom. The SMILES string of the molecule is O=C(O)c1sc(N2CCC3(CC2)OCCO3)nc1Cl. The Balaban J connectivity index is 1.71. The van der Waals surface area contributed by atoms with Crippen molar-refractivity contribution in [2.45, 2.75) is 18.6 Å². The van der Waals surface area contributed by atoms with Gasteiger partial charge in [0.15, 0.2) is 20.9 Å². The van der Waals surface area contributed by atoms with Crippen molar-refractivity contribution in [2.24, 2.45) is 0 Å². The number of ether oxygens (including phenoxy) is 2. The molecular weight excluding hydrogens is 292 g/mol. The predicted octanol–water partition coefficient (Wildman–Crippen LogP) is 1.84. The quantitative estimate of drug-likeness (QED) is 0.899. The van der Waals surface area contributed by atoms with Crippen LogP contribution in [0.1, 0.15) is 22.5 Å². The van der Waals surface area contributed by atoms with E-state index in [1.165, 1.54) is 0 Å². The van der Waals surface area contributed by atoms with E-state index in [9.17, 15) is 4.79 Å². The van der Waals surface area contributed by atoms with Crippen LogP contribution in [0.15, 0.2) is 0 Å². The normalized spacial score (nSPS) is 22.1. The second kappa shape index (κ2) is 4.90. The number of hydrogen-bond donors (Lipinski definition) is 1. The van der Waals surface area contributed by atoms with Crippen molar-refractivity contribution < 1.29 is 19.4 Å². The van der Waals surface area contributed by atoms with Crippen LogP contribution in [0.4, 0.5) is 5.13 Å². The molecule has 1 N–H and O–H groups in total. The van der Waals surface area contributed by atoms with Crippen molar-refractivity contribution in [2.75, 3.05) is 31.2 Å². The lowest BCUT2D eigenvalue weighted by Gasteiger charge is -2.37. The van der Waals surface area contributed by atoms with E-state index in [-0.39, 0.29) is 10.0 Å². The van der Waals surface area contributed by atoms with Crippen LogP contribution in [0, 0.1) is 0 Å². The molecule has 0 bridgehead atoms. The molecule has 0 atom stereocenters. The van der Waals surface area contributed by atoms with Gasteiger partial charge in [-0.05, 0) is 0 Å². The number of carbonyl (C=O) groups is 1. The highest BCUT2D eigenvalue weighted by Crippen LogP contribution is 2.36. The Bertz CT molecular complexity index is 491. The van der Waals surface area contributed by atoms with E-state index >= 15 is 0 Å². The number of hydrogen-bond acceptors (Lipinski definition) is 6. The smallest absolute Gasteiger partial charge is 0.349 e. The Hall–Kier alpha value is -0.890. The standard InChI is InChI=1S/C11H13ClN2O4S/c12-8-7(9(15)16)19-10(13-8)14-3-1-11(2-4-14)17-5-6-18-11/h1-6H2,(H,15,16). The molecule has 2 fully saturated rings. The molecule has 8 heteroatoms. The van der Waals surface area contributed by atoms with Gasteiger partial charge in [0.25, 0.3) is 0 Å². The summed E-state index contributed by atoms with van der Waals surface area (Å²) in [5.74, 6) is -1.47. The van der Waals surface area contributed by atoms with E-state index in [2.05, 4.69) is 4.98 Å². The first kappa shape index (κ1) is 13.1. The Kier molecular flexibility index (Phi) is 3.38. The zero-order chi connectivity index (χ0) is 13.5. The number of aromatic carboxylic acids is 1. The number of nitrogens with zero attached hydrogens (tertiary/aromatic N) is 2. The lowest BCUT2D eigenvalue weighted by atomic mass is 10.0. The summed E-state index contributed by atoms with van der Waals surface area (Å²) < 4.78 is 11.3. The number of thiazole rings is 1. The largest absolute Gasteiger partial charge is 0.477 e. The van der Waals surface area contributed by atoms with Crippen LogP contribution in [0.25, 0.3) is 0 Å². The Morgan fingerprint density at radius 3 is 2.53 bits per heavy atom. The molecule has 1 aromatic rings. The maximum atomic E-state index is 10.9. The van der Waals surface area contributed by atoms with Crippen molar-refractivity contribution in [1.82, 2.24) is 4.98 Å². The molecule has 0 radical (unpaired) electrons. The minimum Gasteiger partial charge on any atom is -0.477 e. The van der Waals surface area contributed by atoms with Gasteiger partial charge in [-0.3, -0.25) is 0 Å². The minimum absolute atomic E-state index is 0.0566. The molecule has 2 aliphatic rings. The molecule has 3 heterocycles. The third kappa shape index (κ3) is 2.43. The summed E-state index contributed by atoms with van der Waals surface area (Å²) in [5.41, 5.74) is 0. The van der Waals surface area contributed by atoms with E-state index in [1.54, 1.807) is 0 Å². The number of halogens is 1. The van der Waals surface area contributed by atoms with Gasteiger partial charge in [-0.15, -0.1) is 0 Å². The number of rotatable bonds is 2. The van der Waals surface area contributed by atoms with Gasteiger partial charge in [-0.2, -0.15) is 0 Å². The van der Waals surface area contributed by atoms with Crippen LogP contribution >= 0.6 is 22.9 Å². The third-order valence-corrected chi connectivity index (χ3v) is 4.87. The Morgan fingerprint density at radius 1 is 1.37 bits per heavy atom. The average Bonchev–Trinajstić information content (AvgIpc) is 2.98. The fraction of sp³-hybridized carbons (Fsp3) is 0.636. The van der Waals surface area contributed by atoms with E-state index in [1.807, 2.05) is 4.90 Å². The number of piperidine rings is 1. The second-order valence-corrected chi connectivity index (χ2v) is 5.85. The maximum Gasteiger partial charge on any atom is 0.349 e. The fourth-order valence-corrected chi connectivity index (χ4v) is 3.56. The minimum atomic E-state index is -1.04. The predicted molar refractivity (Wildman–Crippen MR) is 70.2 cm³/mol. The van der Waals surface area contributed by atoms with E-state index in [0.717, 1.165) is 37.3 Å². The molecule has 2 aliphatic heterocycles. The number of aromatic nitrogens is 1. The molecule has 1 spiro atoms. The third-order valence-electron chi connectivity index (χ3n) is 3.38. The van der Waals surface area contributed by atoms with Crippen molar-refractivity contribution in [3.63, 3.8) is 0 Å². The molecule has 3 rings (SSSR count). The fourth-order valence-electron chi connectivity index (χ4n) is 2.38. The molecule has 0 amide bonds. The molecule has 104 valence electrons. The molecule has 0 aromatic carbocycles. The monoisotopic (exact) mass is 304 g/mol. The zero-order valence-corrected chi connectivity index (χ0v) is 11.7. The lowest BCUT2D eigenvalue weighted by molar-refractivity contribution is -0.169. The summed E-state index contributed by atoms with van der Waals surface area (Å²) in [7, 11) is 0. The highest BCUT2D eigenvalue weighted by Gasteiger charge is 2.40. The highest BCUT2D eigenvalue weighted by molar-refractivity contribution is 7.18. The molecule has 0 saturated carbocycles. The van der Waals surface area contributed by atoms with E-state index < -0.39 is 11.8 Å². The van der Waals surface area contributed by atoms with Gasteiger partial charge in [0.2, 0.25) is 0 Å². The summed E-state index contributed by atoms with van der Waals surface area (Å²) >= 11 is 6.93. The molecule has 0 aliphatic carbocycles. The summed E-state index contributed by atoms with van der Waals surface area (Å²) in [6.45, 7) is 2.74.